The number of hydrogen-bond donors (Lipinski definition) is 1. The summed E-state index contributed by atoms with van der Waals surface area (Å²) in [5.41, 5.74) is 4.34. The van der Waals surface area contributed by atoms with E-state index in [1.165, 1.54) is 12.8 Å². The van der Waals surface area contributed by atoms with Gasteiger partial charge >= 0.3 is 6.09 Å². The third-order valence-corrected chi connectivity index (χ3v) is 2.58. The van der Waals surface area contributed by atoms with Crippen LogP contribution in [0, 0.1) is 0 Å². The zero-order valence-electron chi connectivity index (χ0n) is 11.0. The number of carbonyl (C=O) groups excluding carboxylic acids is 1. The summed E-state index contributed by atoms with van der Waals surface area (Å²) in [7, 11) is 1.30. The van der Waals surface area contributed by atoms with Gasteiger partial charge in [-0.1, -0.05) is 12.1 Å². The third-order valence-electron chi connectivity index (χ3n) is 2.58. The molecule has 0 radical (unpaired) electrons. The molecule has 18 heavy (non-hydrogen) atoms. The van der Waals surface area contributed by atoms with Gasteiger partial charge in [0.05, 0.1) is 13.3 Å². The molecule has 0 aliphatic rings. The molecule has 5 heteroatoms. The number of nitrogens with zero attached hydrogens (tertiary/aromatic N) is 2. The number of benzene rings is 1. The van der Waals surface area contributed by atoms with Crippen molar-refractivity contribution in [3.8, 4) is 0 Å². The fourth-order valence-corrected chi connectivity index (χ4v) is 1.57. The molecular weight excluding hydrogens is 230 g/mol. The minimum Gasteiger partial charge on any atom is -0.452 e. The summed E-state index contributed by atoms with van der Waals surface area (Å²) in [5.74, 6) is 0. The molecule has 5 nitrogen and oxygen atoms in total. The van der Waals surface area contributed by atoms with Crippen LogP contribution in [-0.4, -0.2) is 32.5 Å². The lowest BCUT2D eigenvalue weighted by Crippen LogP contribution is -2.21. The van der Waals surface area contributed by atoms with Crippen LogP contribution in [0.4, 0.5) is 10.5 Å². The highest BCUT2D eigenvalue weighted by molar-refractivity contribution is 5.81. The highest BCUT2D eigenvalue weighted by Crippen LogP contribution is 2.13. The van der Waals surface area contributed by atoms with E-state index in [0.717, 1.165) is 18.7 Å². The normalized spacial score (nSPS) is 10.4. The lowest BCUT2D eigenvalue weighted by molar-refractivity contribution is 0.171. The van der Waals surface area contributed by atoms with E-state index in [1.54, 1.807) is 6.21 Å². The summed E-state index contributed by atoms with van der Waals surface area (Å²) in [6.45, 7) is 6.21. The molecule has 1 rings (SSSR count). The first-order chi connectivity index (χ1) is 8.71. The highest BCUT2D eigenvalue weighted by atomic mass is 16.5. The SMILES string of the molecule is CCN(CC)c1ccc(C=NNC(=O)OC)cc1. The first kappa shape index (κ1) is 14.0. The van der Waals surface area contributed by atoms with Crippen molar-refractivity contribution in [1.82, 2.24) is 5.43 Å². The number of hydrazone groups is 1. The summed E-state index contributed by atoms with van der Waals surface area (Å²) in [5, 5.41) is 3.76. The zero-order valence-corrected chi connectivity index (χ0v) is 11.0. The number of anilines is 1. The molecule has 0 bridgehead atoms. The van der Waals surface area contributed by atoms with Crippen molar-refractivity contribution < 1.29 is 9.53 Å². The molecule has 1 amide bonds. The van der Waals surface area contributed by atoms with E-state index in [4.69, 9.17) is 0 Å². The standard InChI is InChI=1S/C13H19N3O2/c1-4-16(5-2)12-8-6-11(7-9-12)10-14-15-13(17)18-3/h6-10H,4-5H2,1-3H3,(H,15,17). The van der Waals surface area contributed by atoms with Crippen molar-refractivity contribution in [3.05, 3.63) is 29.8 Å². The summed E-state index contributed by atoms with van der Waals surface area (Å²) >= 11 is 0. The molecule has 1 aromatic carbocycles. The molecule has 98 valence electrons. The number of methoxy groups -OCH3 is 1. The Hall–Kier alpha value is -2.04. The minimum absolute atomic E-state index is 0.578. The van der Waals surface area contributed by atoms with Gasteiger partial charge in [-0.15, -0.1) is 0 Å². The number of ether oxygens (including phenoxy) is 1. The van der Waals surface area contributed by atoms with Crippen molar-refractivity contribution >= 4 is 18.0 Å². The zero-order chi connectivity index (χ0) is 13.4. The number of nitrogens with one attached hydrogen (secondary N) is 1. The molecule has 0 spiro atoms. The van der Waals surface area contributed by atoms with Gasteiger partial charge in [0.2, 0.25) is 0 Å². The molecule has 0 aliphatic carbocycles. The monoisotopic (exact) mass is 249 g/mol. The van der Waals surface area contributed by atoms with E-state index in [2.05, 4.69) is 34.0 Å². The molecule has 0 aliphatic heterocycles. The Morgan fingerprint density at radius 3 is 2.44 bits per heavy atom. The maximum atomic E-state index is 10.8. The minimum atomic E-state index is -0.578. The molecule has 0 saturated carbocycles. The van der Waals surface area contributed by atoms with Crippen molar-refractivity contribution in [2.45, 2.75) is 13.8 Å². The topological polar surface area (TPSA) is 53.9 Å². The fraction of sp³-hybridized carbons (Fsp3) is 0.385. The summed E-state index contributed by atoms with van der Waals surface area (Å²) in [6, 6.07) is 7.98. The Kier molecular flexibility index (Phi) is 5.70. The smallest absolute Gasteiger partial charge is 0.427 e. The van der Waals surface area contributed by atoms with E-state index in [0.29, 0.717) is 0 Å². The molecule has 0 fully saturated rings. The van der Waals surface area contributed by atoms with E-state index in [9.17, 15) is 4.79 Å². The molecule has 1 aromatic rings. The average Bonchev–Trinajstić information content (AvgIpc) is 2.41. The Bertz CT molecular complexity index is 397. The average molecular weight is 249 g/mol. The maximum Gasteiger partial charge on any atom is 0.427 e. The van der Waals surface area contributed by atoms with Gasteiger partial charge in [0.1, 0.15) is 0 Å². The molecule has 0 unspecified atom stereocenters. The molecule has 1 N–H and O–H groups in total. The van der Waals surface area contributed by atoms with Gasteiger partial charge in [0.15, 0.2) is 0 Å². The van der Waals surface area contributed by atoms with Crippen LogP contribution in [0.1, 0.15) is 19.4 Å². The van der Waals surface area contributed by atoms with Crippen molar-refractivity contribution in [2.24, 2.45) is 5.10 Å². The second-order valence-electron chi connectivity index (χ2n) is 3.63. The largest absolute Gasteiger partial charge is 0.452 e. The fourth-order valence-electron chi connectivity index (χ4n) is 1.57. The van der Waals surface area contributed by atoms with Gasteiger partial charge in [-0.3, -0.25) is 0 Å². The Morgan fingerprint density at radius 2 is 1.94 bits per heavy atom. The number of rotatable bonds is 5. The number of carbonyl (C=O) groups is 1. The van der Waals surface area contributed by atoms with Crippen molar-refractivity contribution in [1.29, 1.82) is 0 Å². The first-order valence-electron chi connectivity index (χ1n) is 5.93. The predicted octanol–water partition coefficient (Wildman–Crippen LogP) is 2.22. The molecule has 0 atom stereocenters. The van der Waals surface area contributed by atoms with Crippen LogP contribution in [0.15, 0.2) is 29.4 Å². The maximum absolute atomic E-state index is 10.8. The van der Waals surface area contributed by atoms with Crippen LogP contribution in [-0.2, 0) is 4.74 Å². The van der Waals surface area contributed by atoms with Gasteiger partial charge in [-0.25, -0.2) is 10.2 Å². The van der Waals surface area contributed by atoms with Crippen LogP contribution in [0.25, 0.3) is 0 Å². The summed E-state index contributed by atoms with van der Waals surface area (Å²) < 4.78 is 4.40. The summed E-state index contributed by atoms with van der Waals surface area (Å²) in [4.78, 5) is 13.0. The van der Waals surface area contributed by atoms with Gasteiger partial charge < -0.3 is 9.64 Å². The molecular formula is C13H19N3O2. The van der Waals surface area contributed by atoms with E-state index in [1.807, 2.05) is 24.3 Å². The van der Waals surface area contributed by atoms with E-state index in [-0.39, 0.29) is 0 Å². The van der Waals surface area contributed by atoms with Crippen LogP contribution in [0.2, 0.25) is 0 Å². The van der Waals surface area contributed by atoms with Crippen molar-refractivity contribution in [2.75, 3.05) is 25.1 Å². The molecule has 0 saturated heterocycles. The van der Waals surface area contributed by atoms with Crippen LogP contribution < -0.4 is 10.3 Å². The van der Waals surface area contributed by atoms with Gasteiger partial charge in [-0.05, 0) is 31.5 Å². The van der Waals surface area contributed by atoms with Gasteiger partial charge in [-0.2, -0.15) is 5.10 Å². The van der Waals surface area contributed by atoms with Crippen LogP contribution in [0.3, 0.4) is 0 Å². The second kappa shape index (κ2) is 7.32. The van der Waals surface area contributed by atoms with E-state index >= 15 is 0 Å². The predicted molar refractivity (Wildman–Crippen MR) is 73.1 cm³/mol. The third kappa shape index (κ3) is 4.08. The van der Waals surface area contributed by atoms with E-state index < -0.39 is 6.09 Å². The van der Waals surface area contributed by atoms with Crippen LogP contribution >= 0.6 is 0 Å². The number of hydrogen-bond acceptors (Lipinski definition) is 4. The van der Waals surface area contributed by atoms with Crippen molar-refractivity contribution in [3.63, 3.8) is 0 Å². The summed E-state index contributed by atoms with van der Waals surface area (Å²) in [6.07, 6.45) is 0.995. The van der Waals surface area contributed by atoms with Gasteiger partial charge in [0, 0.05) is 18.8 Å². The number of amides is 1. The molecule has 0 heterocycles. The Balaban J connectivity index is 2.62. The Morgan fingerprint density at radius 1 is 1.33 bits per heavy atom. The van der Waals surface area contributed by atoms with Crippen LogP contribution in [0.5, 0.6) is 0 Å². The lowest BCUT2D eigenvalue weighted by Gasteiger charge is -2.20. The Labute approximate surface area is 107 Å². The van der Waals surface area contributed by atoms with Gasteiger partial charge in [0.25, 0.3) is 0 Å². The quantitative estimate of drug-likeness (QED) is 0.643. The lowest BCUT2D eigenvalue weighted by atomic mass is 10.2. The first-order valence-corrected chi connectivity index (χ1v) is 5.93. The second-order valence-corrected chi connectivity index (χ2v) is 3.63. The highest BCUT2D eigenvalue weighted by Gasteiger charge is 2.00. The molecule has 0 aromatic heterocycles.